The van der Waals surface area contributed by atoms with Gasteiger partial charge in [-0.3, -0.25) is 15.0 Å². The Morgan fingerprint density at radius 3 is 2.29 bits per heavy atom. The number of nitrogens with two attached hydrogens (primary N) is 1. The minimum absolute atomic E-state index is 0.181. The number of amides is 1. The monoisotopic (exact) mass is 297 g/mol. The van der Waals surface area contributed by atoms with Gasteiger partial charge in [0.25, 0.3) is 0 Å². The molecular weight excluding hydrogens is 262 g/mol. The van der Waals surface area contributed by atoms with Crippen LogP contribution in [-0.4, -0.2) is 41.5 Å². The van der Waals surface area contributed by atoms with E-state index < -0.39 is 5.54 Å². The second-order valence-electron chi connectivity index (χ2n) is 7.18. The predicted molar refractivity (Wildman–Crippen MR) is 89.2 cm³/mol. The van der Waals surface area contributed by atoms with Crippen LogP contribution in [0, 0.1) is 5.92 Å². The zero-order valence-corrected chi connectivity index (χ0v) is 14.6. The van der Waals surface area contributed by atoms with Crippen LogP contribution in [-0.2, 0) is 4.79 Å². The summed E-state index contributed by atoms with van der Waals surface area (Å²) in [7, 11) is 0. The Morgan fingerprint density at radius 2 is 1.90 bits per heavy atom. The number of rotatable bonds is 11. The minimum atomic E-state index is -0.551. The van der Waals surface area contributed by atoms with Crippen LogP contribution in [0.4, 0.5) is 0 Å². The second kappa shape index (κ2) is 8.14. The molecule has 1 rings (SSSR count). The van der Waals surface area contributed by atoms with Gasteiger partial charge in [0.1, 0.15) is 5.54 Å². The fraction of sp³-hybridized carbons (Fsp3) is 0.941. The van der Waals surface area contributed by atoms with Crippen molar-refractivity contribution in [2.24, 2.45) is 11.7 Å². The van der Waals surface area contributed by atoms with Gasteiger partial charge in [-0.1, -0.05) is 19.8 Å². The van der Waals surface area contributed by atoms with E-state index in [1.807, 2.05) is 0 Å². The highest BCUT2D eigenvalue weighted by molar-refractivity contribution is 5.86. The normalized spacial score (nSPS) is 18.5. The molecule has 1 unspecified atom stereocenters. The highest BCUT2D eigenvalue weighted by Crippen LogP contribution is 2.40. The highest BCUT2D eigenvalue weighted by atomic mass is 16.1. The Bertz CT molecular complexity index is 326. The molecule has 4 heteroatoms. The van der Waals surface area contributed by atoms with E-state index in [9.17, 15) is 4.79 Å². The number of primary amides is 1. The molecular formula is C17H35N3O. The van der Waals surface area contributed by atoms with Crippen LogP contribution in [0.15, 0.2) is 0 Å². The third-order valence-electron chi connectivity index (χ3n) is 4.49. The average molecular weight is 297 g/mol. The number of nitrogens with zero attached hydrogens (tertiary/aromatic N) is 1. The molecule has 1 fully saturated rings. The first-order valence-electron chi connectivity index (χ1n) is 8.65. The molecule has 1 aliphatic rings. The molecule has 1 aliphatic carbocycles. The van der Waals surface area contributed by atoms with Gasteiger partial charge in [-0.25, -0.2) is 0 Å². The summed E-state index contributed by atoms with van der Waals surface area (Å²) >= 11 is 0. The zero-order chi connectivity index (χ0) is 16.0. The Labute approximate surface area is 130 Å². The van der Waals surface area contributed by atoms with Crippen LogP contribution in [0.1, 0.15) is 66.7 Å². The fourth-order valence-electron chi connectivity index (χ4n) is 3.14. The van der Waals surface area contributed by atoms with Gasteiger partial charge >= 0.3 is 0 Å². The lowest BCUT2D eigenvalue weighted by Crippen LogP contribution is -2.65. The summed E-state index contributed by atoms with van der Waals surface area (Å²) in [5.74, 6) is 0.227. The summed E-state index contributed by atoms with van der Waals surface area (Å²) in [4.78, 5) is 14.7. The Kier molecular flexibility index (Phi) is 7.14. The molecule has 0 aliphatic heterocycles. The molecule has 21 heavy (non-hydrogen) atoms. The summed E-state index contributed by atoms with van der Waals surface area (Å²) in [6.45, 7) is 12.6. The quantitative estimate of drug-likeness (QED) is 0.576. The molecule has 124 valence electrons. The van der Waals surface area contributed by atoms with Crippen molar-refractivity contribution in [1.82, 2.24) is 10.2 Å². The van der Waals surface area contributed by atoms with E-state index in [-0.39, 0.29) is 11.9 Å². The summed E-state index contributed by atoms with van der Waals surface area (Å²) in [6.07, 6.45) is 5.89. The average Bonchev–Trinajstić information content (AvgIpc) is 3.19. The van der Waals surface area contributed by atoms with Crippen molar-refractivity contribution in [3.05, 3.63) is 0 Å². The molecule has 4 nitrogen and oxygen atoms in total. The van der Waals surface area contributed by atoms with Crippen LogP contribution in [0.2, 0.25) is 0 Å². The van der Waals surface area contributed by atoms with Gasteiger partial charge in [-0.15, -0.1) is 0 Å². The molecule has 0 aromatic heterocycles. The van der Waals surface area contributed by atoms with Gasteiger partial charge in [-0.2, -0.15) is 0 Å². The van der Waals surface area contributed by atoms with E-state index in [1.54, 1.807) is 0 Å². The van der Waals surface area contributed by atoms with Gasteiger partial charge in [0.15, 0.2) is 0 Å². The minimum Gasteiger partial charge on any atom is -0.368 e. The molecule has 0 spiro atoms. The molecule has 0 aromatic rings. The maximum absolute atomic E-state index is 12.3. The standard InChI is InChI=1S/C17H35N3O/c1-6-7-8-11-20(14(4)5)12-17(16(18)21,15-9-10-15)19-13(2)3/h13-15,19H,6-12H2,1-5H3,(H2,18,21). The lowest BCUT2D eigenvalue weighted by molar-refractivity contribution is -0.127. The molecule has 0 radical (unpaired) electrons. The van der Waals surface area contributed by atoms with Gasteiger partial charge in [0, 0.05) is 18.6 Å². The Hall–Kier alpha value is -0.610. The molecule has 1 amide bonds. The topological polar surface area (TPSA) is 58.4 Å². The van der Waals surface area contributed by atoms with Crippen molar-refractivity contribution in [1.29, 1.82) is 0 Å². The number of nitrogens with one attached hydrogen (secondary N) is 1. The maximum Gasteiger partial charge on any atom is 0.239 e. The fourth-order valence-corrected chi connectivity index (χ4v) is 3.14. The number of unbranched alkanes of at least 4 members (excludes halogenated alkanes) is 2. The van der Waals surface area contributed by atoms with Crippen molar-refractivity contribution in [3.8, 4) is 0 Å². The van der Waals surface area contributed by atoms with Crippen LogP contribution >= 0.6 is 0 Å². The van der Waals surface area contributed by atoms with E-state index in [1.165, 1.54) is 19.3 Å². The lowest BCUT2D eigenvalue weighted by atomic mass is 9.89. The molecule has 0 heterocycles. The van der Waals surface area contributed by atoms with Gasteiger partial charge < -0.3 is 5.73 Å². The summed E-state index contributed by atoms with van der Waals surface area (Å²) < 4.78 is 0. The maximum atomic E-state index is 12.3. The summed E-state index contributed by atoms with van der Waals surface area (Å²) in [5.41, 5.74) is 5.29. The van der Waals surface area contributed by atoms with Crippen LogP contribution in [0.5, 0.6) is 0 Å². The van der Waals surface area contributed by atoms with E-state index in [4.69, 9.17) is 5.73 Å². The van der Waals surface area contributed by atoms with Crippen molar-refractivity contribution < 1.29 is 4.79 Å². The van der Waals surface area contributed by atoms with Crippen molar-refractivity contribution in [2.45, 2.75) is 84.3 Å². The van der Waals surface area contributed by atoms with Crippen LogP contribution in [0.3, 0.4) is 0 Å². The predicted octanol–water partition coefficient (Wildman–Crippen LogP) is 2.52. The van der Waals surface area contributed by atoms with Crippen LogP contribution in [0.25, 0.3) is 0 Å². The van der Waals surface area contributed by atoms with E-state index in [0.29, 0.717) is 12.0 Å². The highest BCUT2D eigenvalue weighted by Gasteiger charge is 2.50. The number of hydrogen-bond donors (Lipinski definition) is 2. The Balaban J connectivity index is 2.83. The van der Waals surface area contributed by atoms with E-state index in [2.05, 4.69) is 44.8 Å². The first-order valence-corrected chi connectivity index (χ1v) is 8.65. The molecule has 1 atom stereocenters. The van der Waals surface area contributed by atoms with Gasteiger partial charge in [0.2, 0.25) is 5.91 Å². The first-order chi connectivity index (χ1) is 9.83. The van der Waals surface area contributed by atoms with Crippen molar-refractivity contribution >= 4 is 5.91 Å². The number of carbonyl (C=O) groups is 1. The van der Waals surface area contributed by atoms with Gasteiger partial charge in [-0.05, 0) is 59.4 Å². The Morgan fingerprint density at radius 1 is 1.29 bits per heavy atom. The van der Waals surface area contributed by atoms with Crippen molar-refractivity contribution in [2.75, 3.05) is 13.1 Å². The van der Waals surface area contributed by atoms with Crippen LogP contribution < -0.4 is 11.1 Å². The third kappa shape index (κ3) is 5.26. The summed E-state index contributed by atoms with van der Waals surface area (Å²) in [6, 6.07) is 0.705. The van der Waals surface area contributed by atoms with E-state index in [0.717, 1.165) is 25.9 Å². The third-order valence-corrected chi connectivity index (χ3v) is 4.49. The molecule has 0 aromatic carbocycles. The lowest BCUT2D eigenvalue weighted by Gasteiger charge is -2.40. The van der Waals surface area contributed by atoms with Crippen molar-refractivity contribution in [3.63, 3.8) is 0 Å². The molecule has 0 bridgehead atoms. The summed E-state index contributed by atoms with van der Waals surface area (Å²) in [5, 5.41) is 3.51. The first kappa shape index (κ1) is 18.4. The smallest absolute Gasteiger partial charge is 0.239 e. The van der Waals surface area contributed by atoms with E-state index >= 15 is 0 Å². The number of hydrogen-bond acceptors (Lipinski definition) is 3. The molecule has 3 N–H and O–H groups in total. The number of carbonyl (C=O) groups excluding carboxylic acids is 1. The zero-order valence-electron chi connectivity index (χ0n) is 14.6. The second-order valence-corrected chi connectivity index (χ2v) is 7.18. The molecule has 1 saturated carbocycles. The molecule has 0 saturated heterocycles. The SMILES string of the molecule is CCCCCN(CC(NC(C)C)(C(N)=O)C1CC1)C(C)C. The largest absolute Gasteiger partial charge is 0.368 e. The van der Waals surface area contributed by atoms with Gasteiger partial charge in [0.05, 0.1) is 0 Å².